The van der Waals surface area contributed by atoms with Gasteiger partial charge in [-0.05, 0) is 36.9 Å². The number of nitrogens with one attached hydrogen (secondary N) is 1. The summed E-state index contributed by atoms with van der Waals surface area (Å²) in [6.45, 7) is 4.84. The molecule has 0 spiro atoms. The van der Waals surface area contributed by atoms with Crippen molar-refractivity contribution < 1.29 is 28.3 Å². The van der Waals surface area contributed by atoms with Crippen molar-refractivity contribution in [1.29, 1.82) is 0 Å². The van der Waals surface area contributed by atoms with Crippen LogP contribution in [0.4, 0.5) is 0 Å². The Bertz CT molecular complexity index is 935. The van der Waals surface area contributed by atoms with E-state index in [0.717, 1.165) is 11.1 Å². The smallest absolute Gasteiger partial charge is 0.287 e. The first-order valence-electron chi connectivity index (χ1n) is 9.85. The van der Waals surface area contributed by atoms with Crippen LogP contribution < -0.4 is 5.32 Å². The predicted octanol–water partition coefficient (Wildman–Crippen LogP) is 1.82. The second-order valence-corrected chi connectivity index (χ2v) is 8.61. The maximum Gasteiger partial charge on any atom is 0.287 e. The molecule has 1 N–H and O–H groups in total. The summed E-state index contributed by atoms with van der Waals surface area (Å²) < 4.78 is 17.1. The third-order valence-electron chi connectivity index (χ3n) is 5.35. The van der Waals surface area contributed by atoms with Gasteiger partial charge in [-0.2, -0.15) is 0 Å². The first kappa shape index (κ1) is 20.8. The van der Waals surface area contributed by atoms with Gasteiger partial charge in [-0.1, -0.05) is 0 Å². The molecule has 2 saturated heterocycles. The number of carbonyl (C=O) groups is 3. The van der Waals surface area contributed by atoms with Crippen molar-refractivity contribution in [3.05, 3.63) is 45.5 Å². The van der Waals surface area contributed by atoms with Gasteiger partial charge < -0.3 is 24.1 Å². The molecule has 0 bridgehead atoms. The quantitative estimate of drug-likeness (QED) is 0.724. The fraction of sp³-hybridized carbons (Fsp3) is 0.476. The fourth-order valence-electron chi connectivity index (χ4n) is 3.67. The van der Waals surface area contributed by atoms with Gasteiger partial charge in [-0.25, -0.2) is 0 Å². The zero-order chi connectivity index (χ0) is 21.3. The molecule has 30 heavy (non-hydrogen) atoms. The van der Waals surface area contributed by atoms with E-state index in [9.17, 15) is 14.4 Å². The summed E-state index contributed by atoms with van der Waals surface area (Å²) in [6.07, 6.45) is 1.29. The molecule has 2 aliphatic heterocycles. The molecule has 2 aromatic rings. The van der Waals surface area contributed by atoms with Gasteiger partial charge in [0.05, 0.1) is 36.8 Å². The summed E-state index contributed by atoms with van der Waals surface area (Å²) in [7, 11) is 0. The number of nitrogens with zero attached hydrogens (tertiary/aromatic N) is 1. The van der Waals surface area contributed by atoms with Crippen molar-refractivity contribution in [3.63, 3.8) is 0 Å². The van der Waals surface area contributed by atoms with E-state index >= 15 is 0 Å². The van der Waals surface area contributed by atoms with Crippen LogP contribution in [0.2, 0.25) is 0 Å². The van der Waals surface area contributed by atoms with Crippen molar-refractivity contribution in [2.75, 3.05) is 26.3 Å². The van der Waals surface area contributed by atoms with Crippen LogP contribution in [0.25, 0.3) is 0 Å². The van der Waals surface area contributed by atoms with Gasteiger partial charge >= 0.3 is 0 Å². The molecule has 0 unspecified atom stereocenters. The fourth-order valence-corrected chi connectivity index (χ4v) is 4.49. The Morgan fingerprint density at radius 1 is 1.20 bits per heavy atom. The number of furan rings is 1. The molecule has 0 aliphatic carbocycles. The topological polar surface area (TPSA) is 98.1 Å². The zero-order valence-corrected chi connectivity index (χ0v) is 17.7. The lowest BCUT2D eigenvalue weighted by molar-refractivity contribution is -0.130. The number of carbonyl (C=O) groups excluding carboxylic acids is 3. The van der Waals surface area contributed by atoms with Gasteiger partial charge in [0.25, 0.3) is 5.91 Å². The van der Waals surface area contributed by atoms with Crippen LogP contribution in [0.15, 0.2) is 28.2 Å². The number of hydrogen-bond donors (Lipinski definition) is 1. The monoisotopic (exact) mass is 432 g/mol. The molecule has 2 fully saturated rings. The summed E-state index contributed by atoms with van der Waals surface area (Å²) >= 11 is 1.36. The maximum atomic E-state index is 12.7. The van der Waals surface area contributed by atoms with E-state index in [4.69, 9.17) is 13.9 Å². The molecule has 0 radical (unpaired) electrons. The number of ketones is 1. The highest BCUT2D eigenvalue weighted by Gasteiger charge is 2.39. The second kappa shape index (κ2) is 8.71. The van der Waals surface area contributed by atoms with Crippen LogP contribution in [0.1, 0.15) is 38.3 Å². The third-order valence-corrected chi connectivity index (χ3v) is 6.43. The molecule has 0 saturated carbocycles. The van der Waals surface area contributed by atoms with Crippen LogP contribution in [0, 0.1) is 6.92 Å². The minimum absolute atomic E-state index is 0.00722. The lowest BCUT2D eigenvalue weighted by Gasteiger charge is -2.19. The Labute approximate surface area is 178 Å². The molecule has 2 atom stereocenters. The van der Waals surface area contributed by atoms with E-state index in [1.54, 1.807) is 17.0 Å². The Morgan fingerprint density at radius 2 is 1.90 bits per heavy atom. The highest BCUT2D eigenvalue weighted by molar-refractivity contribution is 7.12. The number of ether oxygens (including phenoxy) is 2. The van der Waals surface area contributed by atoms with Gasteiger partial charge in [0.15, 0.2) is 11.5 Å². The summed E-state index contributed by atoms with van der Waals surface area (Å²) in [5.74, 6) is -0.00838. The normalized spacial score (nSPS) is 21.9. The molecular weight excluding hydrogens is 408 g/mol. The zero-order valence-electron chi connectivity index (χ0n) is 16.9. The molecule has 0 aromatic carbocycles. The van der Waals surface area contributed by atoms with Gasteiger partial charge in [0, 0.05) is 18.7 Å². The molecule has 8 nitrogen and oxygen atoms in total. The highest BCUT2D eigenvalue weighted by Crippen LogP contribution is 2.22. The molecular formula is C21H24N2O6S. The molecule has 9 heteroatoms. The summed E-state index contributed by atoms with van der Waals surface area (Å²) in [4.78, 5) is 38.8. The first-order chi connectivity index (χ1) is 14.4. The Balaban J connectivity index is 1.29. The number of rotatable bonds is 5. The van der Waals surface area contributed by atoms with E-state index in [-0.39, 0.29) is 48.0 Å². The molecule has 4 heterocycles. The van der Waals surface area contributed by atoms with E-state index in [1.807, 2.05) is 12.3 Å². The van der Waals surface area contributed by atoms with Gasteiger partial charge in [0.2, 0.25) is 5.91 Å². The van der Waals surface area contributed by atoms with E-state index < -0.39 is 0 Å². The van der Waals surface area contributed by atoms with Crippen molar-refractivity contribution in [1.82, 2.24) is 10.2 Å². The minimum Gasteiger partial charge on any atom is -0.459 e. The highest BCUT2D eigenvalue weighted by atomic mass is 32.1. The Morgan fingerprint density at radius 3 is 2.47 bits per heavy atom. The number of Topliss-reactive ketones (excluding diaryl/α,β-unsaturated/α-hetero) is 1. The molecule has 4 rings (SSSR count). The molecule has 160 valence electrons. The SMILES string of the molecule is CC(=O)c1cc(CC(=O)N2C[C@@H]3OCC(NC(=O)c4occc4C)CO[C@H]3C2)cs1. The lowest BCUT2D eigenvalue weighted by Crippen LogP contribution is -2.41. The number of hydrogen-bond acceptors (Lipinski definition) is 7. The van der Waals surface area contributed by atoms with Crippen LogP contribution in [-0.4, -0.2) is 67.1 Å². The predicted molar refractivity (Wildman–Crippen MR) is 109 cm³/mol. The lowest BCUT2D eigenvalue weighted by atomic mass is 10.2. The number of likely N-dealkylation sites (tertiary alicyclic amines) is 1. The summed E-state index contributed by atoms with van der Waals surface area (Å²) in [5, 5.41) is 4.73. The summed E-state index contributed by atoms with van der Waals surface area (Å²) in [5.41, 5.74) is 1.62. The maximum absolute atomic E-state index is 12.7. The van der Waals surface area contributed by atoms with Crippen LogP contribution in [0.3, 0.4) is 0 Å². The van der Waals surface area contributed by atoms with Crippen molar-refractivity contribution in [2.45, 2.75) is 38.5 Å². The minimum atomic E-state index is -0.292. The van der Waals surface area contributed by atoms with Gasteiger partial charge in [-0.15, -0.1) is 11.3 Å². The number of thiophene rings is 1. The molecule has 2 aromatic heterocycles. The number of fused-ring (bicyclic) bond motifs is 1. The third kappa shape index (κ3) is 4.48. The van der Waals surface area contributed by atoms with Crippen molar-refractivity contribution in [2.24, 2.45) is 0 Å². The Hall–Kier alpha value is -2.49. The number of aryl methyl sites for hydroxylation is 1. The van der Waals surface area contributed by atoms with E-state index in [0.29, 0.717) is 31.2 Å². The first-order valence-corrected chi connectivity index (χ1v) is 10.7. The summed E-state index contributed by atoms with van der Waals surface area (Å²) in [6, 6.07) is 3.23. The Kier molecular flexibility index (Phi) is 6.03. The average Bonchev–Trinajstić information content (AvgIpc) is 3.41. The number of amides is 2. The molecule has 2 aliphatic rings. The van der Waals surface area contributed by atoms with E-state index in [1.165, 1.54) is 24.5 Å². The van der Waals surface area contributed by atoms with Gasteiger partial charge in [0.1, 0.15) is 12.2 Å². The van der Waals surface area contributed by atoms with E-state index in [2.05, 4.69) is 5.32 Å². The van der Waals surface area contributed by atoms with Crippen molar-refractivity contribution >= 4 is 28.9 Å². The van der Waals surface area contributed by atoms with Crippen LogP contribution >= 0.6 is 11.3 Å². The second-order valence-electron chi connectivity index (χ2n) is 7.70. The molecule has 2 amide bonds. The van der Waals surface area contributed by atoms with Gasteiger partial charge in [-0.3, -0.25) is 14.4 Å². The standard InChI is InChI=1S/C21H24N2O6S/c1-12-3-4-27-20(12)21(26)22-15-9-28-16-7-23(8-17(16)29-10-15)19(25)6-14-5-18(13(2)24)30-11-14/h3-5,11,15-17H,6-10H2,1-2H3,(H,22,26)/t16-,17-/m0/s1. The largest absolute Gasteiger partial charge is 0.459 e. The van der Waals surface area contributed by atoms with Crippen LogP contribution in [-0.2, 0) is 20.7 Å². The van der Waals surface area contributed by atoms with Crippen molar-refractivity contribution in [3.8, 4) is 0 Å². The van der Waals surface area contributed by atoms with Crippen LogP contribution in [0.5, 0.6) is 0 Å². The average molecular weight is 432 g/mol.